The van der Waals surface area contributed by atoms with Gasteiger partial charge in [-0.05, 0) is 44.8 Å². The van der Waals surface area contributed by atoms with Crippen molar-refractivity contribution in [3.8, 4) is 17.3 Å². The molecular formula is C23H26N8O. The van der Waals surface area contributed by atoms with Crippen LogP contribution in [0.3, 0.4) is 0 Å². The normalized spacial score (nSPS) is 28.7. The maximum Gasteiger partial charge on any atom is 0.249 e. The molecule has 164 valence electrons. The average molecular weight is 431 g/mol. The molecule has 1 amide bonds. The van der Waals surface area contributed by atoms with E-state index in [-0.39, 0.29) is 17.7 Å². The molecule has 1 aliphatic carbocycles. The molecule has 5 heterocycles. The highest BCUT2D eigenvalue weighted by atomic mass is 16.2. The Hall–Kier alpha value is -3.25. The van der Waals surface area contributed by atoms with E-state index in [4.69, 9.17) is 4.98 Å². The van der Waals surface area contributed by atoms with Crippen LogP contribution in [0, 0.1) is 28.6 Å². The molecule has 0 spiro atoms. The maximum absolute atomic E-state index is 13.6. The minimum atomic E-state index is -0.936. The molecule has 9 heteroatoms. The van der Waals surface area contributed by atoms with Gasteiger partial charge in [-0.25, -0.2) is 9.50 Å². The van der Waals surface area contributed by atoms with Crippen molar-refractivity contribution in [2.75, 3.05) is 31.6 Å². The SMILES string of the molecule is C[C@@H]1CN(c2nc(-c3cnn([C@@H]4CCN(C)C4)c3)cn3nccc23)C(=O)[C@]1(C#N)C1CC1. The second-order valence-electron chi connectivity index (χ2n) is 9.60. The van der Waals surface area contributed by atoms with Crippen molar-refractivity contribution in [3.05, 3.63) is 30.9 Å². The first-order valence-electron chi connectivity index (χ1n) is 11.3. The molecule has 6 rings (SSSR count). The number of likely N-dealkylation sites (tertiary alicyclic amines) is 1. The number of fused-ring (bicyclic) bond motifs is 1. The quantitative estimate of drug-likeness (QED) is 0.631. The number of rotatable bonds is 4. The van der Waals surface area contributed by atoms with Gasteiger partial charge in [0, 0.05) is 30.8 Å². The summed E-state index contributed by atoms with van der Waals surface area (Å²) in [6, 6.07) is 4.63. The van der Waals surface area contributed by atoms with Crippen molar-refractivity contribution in [1.82, 2.24) is 29.3 Å². The van der Waals surface area contributed by atoms with E-state index in [1.807, 2.05) is 36.3 Å². The number of nitrogens with zero attached hydrogens (tertiary/aromatic N) is 8. The van der Waals surface area contributed by atoms with Crippen molar-refractivity contribution in [2.45, 2.75) is 32.2 Å². The fourth-order valence-corrected chi connectivity index (χ4v) is 5.53. The van der Waals surface area contributed by atoms with Crippen molar-refractivity contribution < 1.29 is 4.79 Å². The summed E-state index contributed by atoms with van der Waals surface area (Å²) in [4.78, 5) is 22.5. The van der Waals surface area contributed by atoms with Crippen LogP contribution < -0.4 is 4.90 Å². The topological polar surface area (TPSA) is 95.3 Å². The Kier molecular flexibility index (Phi) is 4.17. The van der Waals surface area contributed by atoms with Crippen LogP contribution in [0.1, 0.15) is 32.2 Å². The zero-order valence-corrected chi connectivity index (χ0v) is 18.3. The summed E-state index contributed by atoms with van der Waals surface area (Å²) in [6.45, 7) is 4.56. The summed E-state index contributed by atoms with van der Waals surface area (Å²) >= 11 is 0. The molecule has 3 aromatic rings. The van der Waals surface area contributed by atoms with Crippen LogP contribution >= 0.6 is 0 Å². The fraction of sp³-hybridized carbons (Fsp3) is 0.522. The fourth-order valence-electron chi connectivity index (χ4n) is 5.53. The molecule has 1 saturated carbocycles. The lowest BCUT2D eigenvalue weighted by molar-refractivity contribution is -0.124. The third-order valence-corrected chi connectivity index (χ3v) is 7.50. The first-order chi connectivity index (χ1) is 15.5. The number of anilines is 1. The van der Waals surface area contributed by atoms with Gasteiger partial charge in [-0.3, -0.25) is 14.4 Å². The Morgan fingerprint density at radius 1 is 1.19 bits per heavy atom. The molecule has 3 aromatic heterocycles. The zero-order valence-electron chi connectivity index (χ0n) is 18.3. The van der Waals surface area contributed by atoms with Crippen LogP contribution in [0.2, 0.25) is 0 Å². The molecule has 0 N–H and O–H groups in total. The van der Waals surface area contributed by atoms with Crippen molar-refractivity contribution in [1.29, 1.82) is 5.26 Å². The van der Waals surface area contributed by atoms with E-state index in [0.29, 0.717) is 18.4 Å². The van der Waals surface area contributed by atoms with Gasteiger partial charge in [0.1, 0.15) is 10.9 Å². The first-order valence-corrected chi connectivity index (χ1v) is 11.3. The van der Waals surface area contributed by atoms with E-state index in [1.54, 1.807) is 15.6 Å². The lowest BCUT2D eigenvalue weighted by Gasteiger charge is -2.23. The van der Waals surface area contributed by atoms with E-state index < -0.39 is 5.41 Å². The van der Waals surface area contributed by atoms with Crippen molar-refractivity contribution >= 4 is 17.2 Å². The Balaban J connectivity index is 1.40. The number of likely N-dealkylation sites (N-methyl/N-ethyl adjacent to an activating group) is 1. The molecule has 3 aliphatic rings. The number of nitriles is 1. The van der Waals surface area contributed by atoms with Gasteiger partial charge in [-0.2, -0.15) is 15.5 Å². The molecule has 32 heavy (non-hydrogen) atoms. The van der Waals surface area contributed by atoms with Crippen LogP contribution in [0.25, 0.3) is 16.8 Å². The highest BCUT2D eigenvalue weighted by Crippen LogP contribution is 2.54. The van der Waals surface area contributed by atoms with Crippen LogP contribution in [0.15, 0.2) is 30.9 Å². The van der Waals surface area contributed by atoms with Gasteiger partial charge in [-0.1, -0.05) is 6.92 Å². The van der Waals surface area contributed by atoms with Crippen molar-refractivity contribution in [3.63, 3.8) is 0 Å². The van der Waals surface area contributed by atoms with Gasteiger partial charge in [-0.15, -0.1) is 0 Å². The summed E-state index contributed by atoms with van der Waals surface area (Å²) in [6.07, 6.45) is 10.4. The Labute approximate surface area is 186 Å². The smallest absolute Gasteiger partial charge is 0.249 e. The largest absolute Gasteiger partial charge is 0.304 e. The maximum atomic E-state index is 13.6. The Morgan fingerprint density at radius 3 is 2.75 bits per heavy atom. The summed E-state index contributed by atoms with van der Waals surface area (Å²) in [5.74, 6) is 0.574. The first kappa shape index (κ1) is 19.4. The average Bonchev–Trinajstić information content (AvgIpc) is 3.15. The minimum Gasteiger partial charge on any atom is -0.304 e. The number of carbonyl (C=O) groups is 1. The number of hydrogen-bond donors (Lipinski definition) is 0. The number of hydrogen-bond acceptors (Lipinski definition) is 6. The van der Waals surface area contributed by atoms with E-state index in [1.165, 1.54) is 0 Å². The minimum absolute atomic E-state index is 0.0389. The Bertz CT molecular complexity index is 1250. The number of aromatic nitrogens is 5. The lowest BCUT2D eigenvalue weighted by atomic mass is 9.75. The second-order valence-corrected chi connectivity index (χ2v) is 9.60. The van der Waals surface area contributed by atoms with Crippen LogP contribution in [0.5, 0.6) is 0 Å². The van der Waals surface area contributed by atoms with Gasteiger partial charge < -0.3 is 4.90 Å². The van der Waals surface area contributed by atoms with Crippen LogP contribution in [-0.2, 0) is 4.79 Å². The van der Waals surface area contributed by atoms with Gasteiger partial charge in [0.25, 0.3) is 0 Å². The van der Waals surface area contributed by atoms with Gasteiger partial charge in [0.05, 0.1) is 36.4 Å². The molecule has 0 bridgehead atoms. The van der Waals surface area contributed by atoms with E-state index in [2.05, 4.69) is 28.2 Å². The van der Waals surface area contributed by atoms with E-state index >= 15 is 0 Å². The summed E-state index contributed by atoms with van der Waals surface area (Å²) in [5, 5.41) is 19.0. The third-order valence-electron chi connectivity index (χ3n) is 7.50. The third kappa shape index (κ3) is 2.72. The molecule has 3 atom stereocenters. The van der Waals surface area contributed by atoms with Crippen LogP contribution in [-0.4, -0.2) is 61.9 Å². The summed E-state index contributed by atoms with van der Waals surface area (Å²) < 4.78 is 3.78. The highest BCUT2D eigenvalue weighted by Gasteiger charge is 2.61. The summed E-state index contributed by atoms with van der Waals surface area (Å²) in [7, 11) is 2.13. The molecule has 2 aliphatic heterocycles. The predicted octanol–water partition coefficient (Wildman–Crippen LogP) is 2.37. The van der Waals surface area contributed by atoms with Gasteiger partial charge in [0.2, 0.25) is 5.91 Å². The van der Waals surface area contributed by atoms with Crippen LogP contribution in [0.4, 0.5) is 5.82 Å². The monoisotopic (exact) mass is 430 g/mol. The Morgan fingerprint density at radius 2 is 2.03 bits per heavy atom. The number of amides is 1. The molecule has 3 fully saturated rings. The predicted molar refractivity (Wildman–Crippen MR) is 118 cm³/mol. The molecule has 2 saturated heterocycles. The van der Waals surface area contributed by atoms with E-state index in [0.717, 1.165) is 49.1 Å². The zero-order chi connectivity index (χ0) is 22.0. The van der Waals surface area contributed by atoms with Gasteiger partial charge in [0.15, 0.2) is 5.82 Å². The molecule has 0 unspecified atom stereocenters. The van der Waals surface area contributed by atoms with Gasteiger partial charge >= 0.3 is 0 Å². The summed E-state index contributed by atoms with van der Waals surface area (Å²) in [5.41, 5.74) is 1.44. The molecule has 0 aromatic carbocycles. The standard InChI is InChI=1S/C23H26N8O/c1-15-10-29(22(32)23(15,14-24)17-3-4-17)21-20-5-7-25-31(20)13-19(27-21)16-9-26-30(11-16)18-6-8-28(2)12-18/h5,7,9,11,13,15,17-18H,3-4,6,8,10,12H2,1-2H3/t15-,18-,23+/m1/s1. The highest BCUT2D eigenvalue weighted by molar-refractivity contribution is 6.04. The molecule has 0 radical (unpaired) electrons. The molecular weight excluding hydrogens is 404 g/mol. The molecule has 9 nitrogen and oxygen atoms in total. The second kappa shape index (κ2) is 6.87. The lowest BCUT2D eigenvalue weighted by Crippen LogP contribution is -2.37. The van der Waals surface area contributed by atoms with E-state index in [9.17, 15) is 10.1 Å². The van der Waals surface area contributed by atoms with Crippen molar-refractivity contribution in [2.24, 2.45) is 17.3 Å². The number of carbonyl (C=O) groups excluding carboxylic acids is 1.